The Balaban J connectivity index is 2.02. The molecule has 1 aromatic heterocycles. The summed E-state index contributed by atoms with van der Waals surface area (Å²) >= 11 is 5.81. The molecular formula is C15H13ClN4O. The van der Waals surface area contributed by atoms with Crippen LogP contribution in [0.25, 0.3) is 0 Å². The lowest BCUT2D eigenvalue weighted by molar-refractivity contribution is -0.116. The highest BCUT2D eigenvalue weighted by molar-refractivity contribution is 6.31. The third-order valence-electron chi connectivity index (χ3n) is 2.75. The van der Waals surface area contributed by atoms with Gasteiger partial charge >= 0.3 is 0 Å². The predicted molar refractivity (Wildman–Crippen MR) is 82.1 cm³/mol. The Kier molecular flexibility index (Phi) is 4.75. The normalized spacial score (nSPS) is 11.3. The van der Waals surface area contributed by atoms with Crippen molar-refractivity contribution in [1.29, 1.82) is 5.26 Å². The zero-order valence-corrected chi connectivity index (χ0v) is 12.1. The first kappa shape index (κ1) is 14.8. The van der Waals surface area contributed by atoms with Gasteiger partial charge in [0.2, 0.25) is 5.91 Å². The van der Waals surface area contributed by atoms with Crippen molar-refractivity contribution >= 4 is 29.0 Å². The molecule has 0 aliphatic carbocycles. The number of nitrogens with zero attached hydrogens (tertiary/aromatic N) is 2. The van der Waals surface area contributed by atoms with E-state index >= 15 is 0 Å². The number of halogens is 1. The summed E-state index contributed by atoms with van der Waals surface area (Å²) in [5.41, 5.74) is 0.843. The number of hydrogen-bond acceptors (Lipinski definition) is 4. The number of anilines is 2. The van der Waals surface area contributed by atoms with Gasteiger partial charge in [-0.1, -0.05) is 29.8 Å². The van der Waals surface area contributed by atoms with Crippen molar-refractivity contribution in [2.45, 2.75) is 13.0 Å². The van der Waals surface area contributed by atoms with E-state index in [2.05, 4.69) is 15.6 Å². The molecule has 1 amide bonds. The molecule has 1 aromatic carbocycles. The summed E-state index contributed by atoms with van der Waals surface area (Å²) in [6, 6.07) is 13.7. The molecule has 0 aliphatic heterocycles. The van der Waals surface area contributed by atoms with Crippen molar-refractivity contribution in [2.75, 3.05) is 10.6 Å². The van der Waals surface area contributed by atoms with E-state index in [1.54, 1.807) is 31.2 Å². The van der Waals surface area contributed by atoms with Crippen molar-refractivity contribution in [2.24, 2.45) is 0 Å². The number of amides is 1. The lowest BCUT2D eigenvalue weighted by atomic mass is 10.2. The average molecular weight is 301 g/mol. The second kappa shape index (κ2) is 6.73. The van der Waals surface area contributed by atoms with Gasteiger partial charge in [0.15, 0.2) is 5.69 Å². The second-order valence-corrected chi connectivity index (χ2v) is 4.77. The maximum Gasteiger partial charge on any atom is 0.246 e. The molecular weight excluding hydrogens is 288 g/mol. The van der Waals surface area contributed by atoms with E-state index in [-0.39, 0.29) is 16.6 Å². The summed E-state index contributed by atoms with van der Waals surface area (Å²) in [5, 5.41) is 14.9. The molecule has 2 aromatic rings. The van der Waals surface area contributed by atoms with E-state index in [1.807, 2.05) is 24.3 Å². The van der Waals surface area contributed by atoms with Crippen LogP contribution in [-0.4, -0.2) is 16.9 Å². The van der Waals surface area contributed by atoms with Gasteiger partial charge in [-0.2, -0.15) is 5.26 Å². The van der Waals surface area contributed by atoms with Crippen molar-refractivity contribution in [3.05, 3.63) is 53.2 Å². The molecule has 0 bridgehead atoms. The fourth-order valence-electron chi connectivity index (χ4n) is 1.66. The number of rotatable bonds is 4. The molecule has 6 heteroatoms. The zero-order chi connectivity index (χ0) is 15.2. The van der Waals surface area contributed by atoms with Crippen LogP contribution < -0.4 is 10.6 Å². The zero-order valence-electron chi connectivity index (χ0n) is 11.3. The summed E-state index contributed by atoms with van der Waals surface area (Å²) in [4.78, 5) is 16.1. The minimum Gasteiger partial charge on any atom is -0.359 e. The Bertz CT molecular complexity index is 682. The van der Waals surface area contributed by atoms with Gasteiger partial charge in [0.25, 0.3) is 0 Å². The molecule has 106 valence electrons. The Labute approximate surface area is 127 Å². The van der Waals surface area contributed by atoms with E-state index < -0.39 is 6.04 Å². The maximum absolute atomic E-state index is 12.0. The van der Waals surface area contributed by atoms with Crippen LogP contribution in [0.4, 0.5) is 11.5 Å². The van der Waals surface area contributed by atoms with E-state index in [4.69, 9.17) is 16.9 Å². The first-order chi connectivity index (χ1) is 10.1. The van der Waals surface area contributed by atoms with Crippen LogP contribution in [-0.2, 0) is 4.79 Å². The number of nitriles is 1. The predicted octanol–water partition coefficient (Wildman–Crippen LogP) is 3.05. The lowest BCUT2D eigenvalue weighted by Crippen LogP contribution is -2.32. The first-order valence-corrected chi connectivity index (χ1v) is 6.67. The molecule has 0 radical (unpaired) electrons. The molecule has 0 saturated heterocycles. The number of nitrogens with one attached hydrogen (secondary N) is 2. The van der Waals surface area contributed by atoms with Gasteiger partial charge in [-0.3, -0.25) is 4.79 Å². The fraction of sp³-hybridized carbons (Fsp3) is 0.133. The van der Waals surface area contributed by atoms with Gasteiger partial charge in [-0.25, -0.2) is 4.98 Å². The number of hydrogen-bond donors (Lipinski definition) is 2. The van der Waals surface area contributed by atoms with Gasteiger partial charge in [0.05, 0.1) is 5.02 Å². The fourth-order valence-corrected chi connectivity index (χ4v) is 1.81. The molecule has 5 nitrogen and oxygen atoms in total. The number of carbonyl (C=O) groups is 1. The smallest absolute Gasteiger partial charge is 0.246 e. The molecule has 0 aliphatic rings. The van der Waals surface area contributed by atoms with E-state index in [0.717, 1.165) is 5.69 Å². The molecule has 1 atom stereocenters. The van der Waals surface area contributed by atoms with Gasteiger partial charge in [0.1, 0.15) is 17.9 Å². The van der Waals surface area contributed by atoms with Crippen molar-refractivity contribution in [1.82, 2.24) is 4.98 Å². The van der Waals surface area contributed by atoms with Gasteiger partial charge in [-0.15, -0.1) is 0 Å². The maximum atomic E-state index is 12.0. The highest BCUT2D eigenvalue weighted by atomic mass is 35.5. The molecule has 1 heterocycles. The van der Waals surface area contributed by atoms with Crippen LogP contribution in [0.5, 0.6) is 0 Å². The standard InChI is InChI=1S/C15H13ClN4O/c1-10(15(21)19-11-5-3-2-4-6-11)18-14-8-7-12(16)13(9-17)20-14/h2-8,10H,1H3,(H,18,20)(H,19,21). The summed E-state index contributed by atoms with van der Waals surface area (Å²) in [5.74, 6) is 0.225. The van der Waals surface area contributed by atoms with Crippen molar-refractivity contribution in [3.8, 4) is 6.07 Å². The molecule has 1 unspecified atom stereocenters. The SMILES string of the molecule is CC(Nc1ccc(Cl)c(C#N)n1)C(=O)Nc1ccccc1. The summed E-state index contributed by atoms with van der Waals surface area (Å²) < 4.78 is 0. The number of pyridine rings is 1. The molecule has 2 rings (SSSR count). The summed E-state index contributed by atoms with van der Waals surface area (Å²) in [7, 11) is 0. The third-order valence-corrected chi connectivity index (χ3v) is 3.06. The molecule has 21 heavy (non-hydrogen) atoms. The molecule has 0 saturated carbocycles. The molecule has 0 spiro atoms. The second-order valence-electron chi connectivity index (χ2n) is 4.36. The van der Waals surface area contributed by atoms with Gasteiger partial charge in [-0.05, 0) is 31.2 Å². The quantitative estimate of drug-likeness (QED) is 0.909. The lowest BCUT2D eigenvalue weighted by Gasteiger charge is -2.14. The topological polar surface area (TPSA) is 77.8 Å². The third kappa shape index (κ3) is 3.94. The minimum absolute atomic E-state index is 0.123. The van der Waals surface area contributed by atoms with Crippen molar-refractivity contribution < 1.29 is 4.79 Å². The Morgan fingerprint density at radius 2 is 2.00 bits per heavy atom. The van der Waals surface area contributed by atoms with Gasteiger partial charge in [0, 0.05) is 5.69 Å². The number of carbonyl (C=O) groups excluding carboxylic acids is 1. The van der Waals surface area contributed by atoms with Crippen molar-refractivity contribution in [3.63, 3.8) is 0 Å². The number of aromatic nitrogens is 1. The van der Waals surface area contributed by atoms with Crippen LogP contribution in [0.15, 0.2) is 42.5 Å². The van der Waals surface area contributed by atoms with E-state index in [0.29, 0.717) is 5.82 Å². The van der Waals surface area contributed by atoms with Crippen LogP contribution in [0.1, 0.15) is 12.6 Å². The van der Waals surface area contributed by atoms with E-state index in [9.17, 15) is 4.79 Å². The monoisotopic (exact) mass is 300 g/mol. The number of para-hydroxylation sites is 1. The highest BCUT2D eigenvalue weighted by Crippen LogP contribution is 2.16. The summed E-state index contributed by atoms with van der Waals surface area (Å²) in [6.07, 6.45) is 0. The minimum atomic E-state index is -0.509. The first-order valence-electron chi connectivity index (χ1n) is 6.29. The summed E-state index contributed by atoms with van der Waals surface area (Å²) in [6.45, 7) is 1.71. The molecule has 0 fully saturated rings. The van der Waals surface area contributed by atoms with Crippen LogP contribution in [0.3, 0.4) is 0 Å². The molecule has 2 N–H and O–H groups in total. The van der Waals surface area contributed by atoms with Crippen LogP contribution in [0.2, 0.25) is 5.02 Å². The number of benzene rings is 1. The Morgan fingerprint density at radius 3 is 2.67 bits per heavy atom. The van der Waals surface area contributed by atoms with E-state index in [1.165, 1.54) is 0 Å². The van der Waals surface area contributed by atoms with Gasteiger partial charge < -0.3 is 10.6 Å². The largest absolute Gasteiger partial charge is 0.359 e. The Hall–Kier alpha value is -2.58. The van der Waals surface area contributed by atoms with Crippen LogP contribution >= 0.6 is 11.6 Å². The van der Waals surface area contributed by atoms with Crippen LogP contribution in [0, 0.1) is 11.3 Å². The highest BCUT2D eigenvalue weighted by Gasteiger charge is 2.14. The average Bonchev–Trinajstić information content (AvgIpc) is 2.50. The Morgan fingerprint density at radius 1 is 1.29 bits per heavy atom.